The molecular formula is C24H35N5O. The van der Waals surface area contributed by atoms with E-state index in [-0.39, 0.29) is 5.91 Å². The van der Waals surface area contributed by atoms with E-state index < -0.39 is 0 Å². The Balaban J connectivity index is 1.52. The third-order valence-corrected chi connectivity index (χ3v) is 5.73. The highest BCUT2D eigenvalue weighted by atomic mass is 16.1. The average Bonchev–Trinajstić information content (AvgIpc) is 2.77. The van der Waals surface area contributed by atoms with Gasteiger partial charge in [0.2, 0.25) is 5.91 Å². The van der Waals surface area contributed by atoms with E-state index in [4.69, 9.17) is 0 Å². The molecule has 0 spiro atoms. The predicted octanol–water partition coefficient (Wildman–Crippen LogP) is 4.58. The second kappa shape index (κ2) is 11.1. The minimum atomic E-state index is 0.0839. The standard InChI is InChI=1S/C24H35N5O/c1-4-5-6-7-8-24(30)27-21-11-9-20(10-12-21)22-17-26-23(18-25-22)29-15-13-28(14-16-29)19(2)3/h9-12,17-19H,4-8,13-16H2,1-3H3,(H,27,30). The lowest BCUT2D eigenvalue weighted by Crippen LogP contribution is -2.49. The number of benzene rings is 1. The molecule has 0 aliphatic carbocycles. The lowest BCUT2D eigenvalue weighted by atomic mass is 10.1. The van der Waals surface area contributed by atoms with E-state index in [2.05, 4.69) is 45.9 Å². The van der Waals surface area contributed by atoms with Crippen molar-refractivity contribution in [1.82, 2.24) is 14.9 Å². The number of aromatic nitrogens is 2. The molecule has 0 atom stereocenters. The SMILES string of the molecule is CCCCCCC(=O)Nc1ccc(-c2cnc(N3CCN(C(C)C)CC3)cn2)cc1. The van der Waals surface area contributed by atoms with Crippen molar-refractivity contribution in [2.45, 2.75) is 58.9 Å². The average molecular weight is 410 g/mol. The van der Waals surface area contributed by atoms with Gasteiger partial charge in [0.15, 0.2) is 0 Å². The highest BCUT2D eigenvalue weighted by molar-refractivity contribution is 5.90. The van der Waals surface area contributed by atoms with Gasteiger partial charge >= 0.3 is 0 Å². The number of piperazine rings is 1. The maximum Gasteiger partial charge on any atom is 0.224 e. The van der Waals surface area contributed by atoms with Crippen molar-refractivity contribution >= 4 is 17.4 Å². The predicted molar refractivity (Wildman–Crippen MR) is 124 cm³/mol. The molecule has 162 valence electrons. The van der Waals surface area contributed by atoms with Crippen LogP contribution in [0, 0.1) is 0 Å². The second-order valence-corrected chi connectivity index (χ2v) is 8.31. The topological polar surface area (TPSA) is 61.4 Å². The highest BCUT2D eigenvalue weighted by Gasteiger charge is 2.19. The minimum absolute atomic E-state index is 0.0839. The zero-order valence-corrected chi connectivity index (χ0v) is 18.6. The van der Waals surface area contributed by atoms with Gasteiger partial charge in [0.25, 0.3) is 0 Å². The minimum Gasteiger partial charge on any atom is -0.353 e. The Hall–Kier alpha value is -2.47. The van der Waals surface area contributed by atoms with Crippen LogP contribution in [-0.2, 0) is 4.79 Å². The number of carbonyl (C=O) groups is 1. The number of amides is 1. The fourth-order valence-corrected chi connectivity index (χ4v) is 3.76. The first-order chi connectivity index (χ1) is 14.6. The maximum atomic E-state index is 12.0. The van der Waals surface area contributed by atoms with Crippen molar-refractivity contribution in [2.24, 2.45) is 0 Å². The van der Waals surface area contributed by atoms with Gasteiger partial charge in [0, 0.05) is 49.9 Å². The van der Waals surface area contributed by atoms with Crippen LogP contribution in [0.2, 0.25) is 0 Å². The summed E-state index contributed by atoms with van der Waals surface area (Å²) in [7, 11) is 0. The molecule has 1 aliphatic heterocycles. The summed E-state index contributed by atoms with van der Waals surface area (Å²) < 4.78 is 0. The molecule has 30 heavy (non-hydrogen) atoms. The Morgan fingerprint density at radius 3 is 2.33 bits per heavy atom. The molecule has 1 aromatic heterocycles. The number of nitrogens with one attached hydrogen (secondary N) is 1. The van der Waals surface area contributed by atoms with E-state index in [0.717, 1.165) is 61.8 Å². The monoisotopic (exact) mass is 409 g/mol. The molecule has 0 radical (unpaired) electrons. The Kier molecular flexibility index (Phi) is 8.20. The molecule has 1 N–H and O–H groups in total. The van der Waals surface area contributed by atoms with Crippen LogP contribution >= 0.6 is 0 Å². The molecule has 0 bridgehead atoms. The molecule has 1 aliphatic rings. The number of unbranched alkanes of at least 4 members (excludes halogenated alkanes) is 3. The van der Waals surface area contributed by atoms with Crippen LogP contribution in [0.3, 0.4) is 0 Å². The quantitative estimate of drug-likeness (QED) is 0.614. The van der Waals surface area contributed by atoms with Crippen molar-refractivity contribution in [3.63, 3.8) is 0 Å². The van der Waals surface area contributed by atoms with E-state index in [1.165, 1.54) is 12.8 Å². The summed E-state index contributed by atoms with van der Waals surface area (Å²) in [6.45, 7) is 10.8. The Bertz CT molecular complexity index is 780. The van der Waals surface area contributed by atoms with Crippen molar-refractivity contribution in [3.8, 4) is 11.3 Å². The molecular weight excluding hydrogens is 374 g/mol. The van der Waals surface area contributed by atoms with Crippen LogP contribution < -0.4 is 10.2 Å². The summed E-state index contributed by atoms with van der Waals surface area (Å²) in [5.41, 5.74) is 2.67. The third-order valence-electron chi connectivity index (χ3n) is 5.73. The van der Waals surface area contributed by atoms with Gasteiger partial charge in [-0.2, -0.15) is 0 Å². The van der Waals surface area contributed by atoms with Crippen LogP contribution in [0.5, 0.6) is 0 Å². The summed E-state index contributed by atoms with van der Waals surface area (Å²) in [5, 5.41) is 2.98. The van der Waals surface area contributed by atoms with E-state index >= 15 is 0 Å². The summed E-state index contributed by atoms with van der Waals surface area (Å²) in [6.07, 6.45) is 8.73. The molecule has 1 amide bonds. The van der Waals surface area contributed by atoms with Crippen molar-refractivity contribution < 1.29 is 4.79 Å². The fraction of sp³-hybridized carbons (Fsp3) is 0.542. The molecule has 0 saturated carbocycles. The van der Waals surface area contributed by atoms with Crippen LogP contribution in [0.15, 0.2) is 36.7 Å². The Morgan fingerprint density at radius 2 is 1.73 bits per heavy atom. The number of anilines is 2. The zero-order chi connectivity index (χ0) is 21.3. The molecule has 1 fully saturated rings. The molecule has 6 heteroatoms. The first kappa shape index (κ1) is 22.2. The van der Waals surface area contributed by atoms with Gasteiger partial charge in [-0.3, -0.25) is 14.7 Å². The van der Waals surface area contributed by atoms with Crippen LogP contribution in [0.4, 0.5) is 11.5 Å². The van der Waals surface area contributed by atoms with E-state index in [0.29, 0.717) is 12.5 Å². The molecule has 1 saturated heterocycles. The summed E-state index contributed by atoms with van der Waals surface area (Å²) in [5.74, 6) is 1.02. The van der Waals surface area contributed by atoms with Gasteiger partial charge in [-0.05, 0) is 32.4 Å². The molecule has 1 aromatic carbocycles. The molecule has 3 rings (SSSR count). The maximum absolute atomic E-state index is 12.0. The molecule has 2 aromatic rings. The van der Waals surface area contributed by atoms with Crippen molar-refractivity contribution in [1.29, 1.82) is 0 Å². The van der Waals surface area contributed by atoms with Crippen LogP contribution in [-0.4, -0.2) is 53.0 Å². The van der Waals surface area contributed by atoms with E-state index in [1.54, 1.807) is 0 Å². The Labute approximate surface area is 180 Å². The zero-order valence-electron chi connectivity index (χ0n) is 18.6. The normalized spacial score (nSPS) is 14.9. The third kappa shape index (κ3) is 6.26. The van der Waals surface area contributed by atoms with E-state index in [1.807, 2.05) is 36.7 Å². The number of rotatable bonds is 9. The Morgan fingerprint density at radius 1 is 1.00 bits per heavy atom. The van der Waals surface area contributed by atoms with Gasteiger partial charge in [0.05, 0.1) is 18.1 Å². The largest absolute Gasteiger partial charge is 0.353 e. The lowest BCUT2D eigenvalue weighted by Gasteiger charge is -2.37. The van der Waals surface area contributed by atoms with Gasteiger partial charge in [-0.25, -0.2) is 4.98 Å². The smallest absolute Gasteiger partial charge is 0.224 e. The molecule has 6 nitrogen and oxygen atoms in total. The fourth-order valence-electron chi connectivity index (χ4n) is 3.76. The molecule has 2 heterocycles. The molecule has 0 unspecified atom stereocenters. The van der Waals surface area contributed by atoms with Crippen molar-refractivity contribution in [3.05, 3.63) is 36.7 Å². The number of hydrogen-bond acceptors (Lipinski definition) is 5. The highest BCUT2D eigenvalue weighted by Crippen LogP contribution is 2.21. The number of carbonyl (C=O) groups excluding carboxylic acids is 1. The first-order valence-electron chi connectivity index (χ1n) is 11.3. The second-order valence-electron chi connectivity index (χ2n) is 8.31. The first-order valence-corrected chi connectivity index (χ1v) is 11.3. The van der Waals surface area contributed by atoms with Crippen LogP contribution in [0.1, 0.15) is 52.9 Å². The summed E-state index contributed by atoms with van der Waals surface area (Å²) in [4.78, 5) is 26.1. The van der Waals surface area contributed by atoms with Gasteiger partial charge < -0.3 is 10.2 Å². The van der Waals surface area contributed by atoms with Gasteiger partial charge in [0.1, 0.15) is 5.82 Å². The van der Waals surface area contributed by atoms with Crippen LogP contribution in [0.25, 0.3) is 11.3 Å². The van der Waals surface area contributed by atoms with E-state index in [9.17, 15) is 4.79 Å². The number of nitrogens with zero attached hydrogens (tertiary/aromatic N) is 4. The summed E-state index contributed by atoms with van der Waals surface area (Å²) >= 11 is 0. The number of hydrogen-bond donors (Lipinski definition) is 1. The van der Waals surface area contributed by atoms with Gasteiger partial charge in [-0.1, -0.05) is 38.3 Å². The van der Waals surface area contributed by atoms with Crippen molar-refractivity contribution in [2.75, 3.05) is 36.4 Å². The summed E-state index contributed by atoms with van der Waals surface area (Å²) in [6, 6.07) is 8.42. The lowest BCUT2D eigenvalue weighted by molar-refractivity contribution is -0.116. The van der Waals surface area contributed by atoms with Gasteiger partial charge in [-0.15, -0.1) is 0 Å².